The number of nitrogens with two attached hydrogens (primary N) is 3. The zero-order valence-corrected chi connectivity index (χ0v) is 10.7. The van der Waals surface area contributed by atoms with Crippen LogP contribution in [0.25, 0.3) is 0 Å². The smallest absolute Gasteiger partial charge is 0.186 e. The highest BCUT2D eigenvalue weighted by atomic mass is 15.0. The lowest BCUT2D eigenvalue weighted by Crippen LogP contribution is -2.27. The van der Waals surface area contributed by atoms with Gasteiger partial charge in [-0.05, 0) is 20.8 Å². The summed E-state index contributed by atoms with van der Waals surface area (Å²) < 4.78 is 0. The Morgan fingerprint density at radius 3 is 1.20 bits per heavy atom. The number of amidine groups is 1. The Morgan fingerprint density at radius 1 is 0.933 bits per heavy atom. The van der Waals surface area contributed by atoms with Crippen molar-refractivity contribution in [1.29, 1.82) is 5.41 Å². The van der Waals surface area contributed by atoms with Gasteiger partial charge in [-0.15, -0.1) is 0 Å². The predicted molar refractivity (Wildman–Crippen MR) is 66.9 cm³/mol. The van der Waals surface area contributed by atoms with Crippen LogP contribution in [0.15, 0.2) is 4.99 Å². The van der Waals surface area contributed by atoms with Gasteiger partial charge in [-0.25, -0.2) is 4.99 Å². The number of nitrogens with zero attached hydrogens (tertiary/aromatic N) is 1. The molecule has 0 bridgehead atoms. The Hall–Kier alpha value is -1.26. The van der Waals surface area contributed by atoms with Crippen molar-refractivity contribution in [2.45, 2.75) is 47.1 Å². The fourth-order valence-corrected chi connectivity index (χ4v) is 0.387. The first-order valence-corrected chi connectivity index (χ1v) is 4.81. The van der Waals surface area contributed by atoms with Crippen LogP contribution < -0.4 is 17.2 Å². The summed E-state index contributed by atoms with van der Waals surface area (Å²) in [5.74, 6) is 0.394. The molecule has 0 aromatic heterocycles. The molecule has 0 amide bonds. The van der Waals surface area contributed by atoms with E-state index >= 15 is 0 Å². The largest absolute Gasteiger partial charge is 0.387 e. The van der Waals surface area contributed by atoms with Gasteiger partial charge < -0.3 is 17.2 Å². The SMILES string of the molecule is CC(C)(C)C(=N)N.CC(C)(C)N=C(N)N. The van der Waals surface area contributed by atoms with Gasteiger partial charge in [0.15, 0.2) is 5.96 Å². The van der Waals surface area contributed by atoms with Gasteiger partial charge in [0.25, 0.3) is 0 Å². The molecule has 15 heavy (non-hydrogen) atoms. The molecule has 0 saturated carbocycles. The van der Waals surface area contributed by atoms with E-state index in [0.29, 0.717) is 0 Å². The second-order valence-corrected chi connectivity index (χ2v) is 5.37. The third-order valence-corrected chi connectivity index (χ3v) is 1.27. The number of hydrogen-bond donors (Lipinski definition) is 4. The van der Waals surface area contributed by atoms with E-state index in [0.717, 1.165) is 0 Å². The third kappa shape index (κ3) is 15.5. The number of aliphatic imine (C=N–C) groups is 1. The Morgan fingerprint density at radius 2 is 1.20 bits per heavy atom. The van der Waals surface area contributed by atoms with Crippen LogP contribution in [0.4, 0.5) is 0 Å². The summed E-state index contributed by atoms with van der Waals surface area (Å²) >= 11 is 0. The van der Waals surface area contributed by atoms with Gasteiger partial charge in [0.2, 0.25) is 0 Å². The van der Waals surface area contributed by atoms with Crippen molar-refractivity contribution in [3.05, 3.63) is 0 Å². The molecule has 0 rings (SSSR count). The number of rotatable bonds is 0. The molecule has 0 atom stereocenters. The van der Waals surface area contributed by atoms with Gasteiger partial charge >= 0.3 is 0 Å². The first-order chi connectivity index (χ1) is 6.36. The lowest BCUT2D eigenvalue weighted by atomic mass is 9.96. The molecule has 5 nitrogen and oxygen atoms in total. The normalized spacial score (nSPS) is 11.1. The van der Waals surface area contributed by atoms with Crippen molar-refractivity contribution in [1.82, 2.24) is 0 Å². The van der Waals surface area contributed by atoms with E-state index in [2.05, 4.69) is 4.99 Å². The van der Waals surface area contributed by atoms with Crippen LogP contribution in [-0.4, -0.2) is 17.3 Å². The van der Waals surface area contributed by atoms with E-state index in [1.165, 1.54) is 0 Å². The fraction of sp³-hybridized carbons (Fsp3) is 0.800. The molecule has 0 aromatic rings. The molecule has 0 aliphatic rings. The van der Waals surface area contributed by atoms with Gasteiger partial charge in [-0.2, -0.15) is 0 Å². The molecule has 0 aliphatic carbocycles. The first kappa shape index (κ1) is 16.2. The molecule has 5 heteroatoms. The molecule has 0 aliphatic heterocycles. The van der Waals surface area contributed by atoms with Crippen molar-refractivity contribution in [2.75, 3.05) is 0 Å². The maximum Gasteiger partial charge on any atom is 0.186 e. The molecule has 0 spiro atoms. The quantitative estimate of drug-likeness (QED) is 0.357. The van der Waals surface area contributed by atoms with Crippen LogP contribution in [0.1, 0.15) is 41.5 Å². The minimum Gasteiger partial charge on any atom is -0.387 e. The zero-order valence-electron chi connectivity index (χ0n) is 10.7. The van der Waals surface area contributed by atoms with Crippen LogP contribution in [0.5, 0.6) is 0 Å². The molecule has 7 N–H and O–H groups in total. The minimum absolute atomic E-state index is 0.139. The van der Waals surface area contributed by atoms with Gasteiger partial charge in [0, 0.05) is 5.41 Å². The Kier molecular flexibility index (Phi) is 6.02. The summed E-state index contributed by atoms with van der Waals surface area (Å²) in [5.41, 5.74) is 15.1. The van der Waals surface area contributed by atoms with E-state index in [4.69, 9.17) is 22.6 Å². The monoisotopic (exact) mass is 215 g/mol. The number of nitrogens with one attached hydrogen (secondary N) is 1. The highest BCUT2D eigenvalue weighted by Gasteiger charge is 2.12. The molecule has 90 valence electrons. The molecule has 0 radical (unpaired) electrons. The van der Waals surface area contributed by atoms with Gasteiger partial charge in [-0.1, -0.05) is 20.8 Å². The molecular formula is C10H25N5. The van der Waals surface area contributed by atoms with E-state index in [-0.39, 0.29) is 22.7 Å². The van der Waals surface area contributed by atoms with E-state index < -0.39 is 0 Å². The van der Waals surface area contributed by atoms with Crippen LogP contribution >= 0.6 is 0 Å². The summed E-state index contributed by atoms with van der Waals surface area (Å²) in [5, 5.41) is 6.92. The second kappa shape index (κ2) is 5.58. The highest BCUT2D eigenvalue weighted by Crippen LogP contribution is 2.10. The predicted octanol–water partition coefficient (Wildman–Crippen LogP) is 1.03. The summed E-state index contributed by atoms with van der Waals surface area (Å²) in [6.45, 7) is 11.5. The van der Waals surface area contributed by atoms with Crippen molar-refractivity contribution in [3.63, 3.8) is 0 Å². The average molecular weight is 215 g/mol. The summed E-state index contributed by atoms with van der Waals surface area (Å²) in [6.07, 6.45) is 0. The molecule has 0 aromatic carbocycles. The van der Waals surface area contributed by atoms with Crippen LogP contribution in [0, 0.1) is 10.8 Å². The topological polar surface area (TPSA) is 114 Å². The van der Waals surface area contributed by atoms with Gasteiger partial charge in [0.1, 0.15) is 0 Å². The minimum atomic E-state index is -0.140. The van der Waals surface area contributed by atoms with Gasteiger partial charge in [0.05, 0.1) is 11.4 Å². The Labute approximate surface area is 92.6 Å². The highest BCUT2D eigenvalue weighted by molar-refractivity contribution is 5.82. The molecular weight excluding hydrogens is 190 g/mol. The van der Waals surface area contributed by atoms with E-state index in [9.17, 15) is 0 Å². The second-order valence-electron chi connectivity index (χ2n) is 5.37. The third-order valence-electron chi connectivity index (χ3n) is 1.27. The maximum atomic E-state index is 6.92. The average Bonchev–Trinajstić information content (AvgIpc) is 1.78. The van der Waals surface area contributed by atoms with Crippen molar-refractivity contribution in [3.8, 4) is 0 Å². The van der Waals surface area contributed by atoms with E-state index in [1.54, 1.807) is 0 Å². The molecule has 0 saturated heterocycles. The molecule has 0 fully saturated rings. The summed E-state index contributed by atoms with van der Waals surface area (Å²) in [4.78, 5) is 3.88. The zero-order chi connectivity index (χ0) is 12.9. The first-order valence-electron chi connectivity index (χ1n) is 4.81. The number of guanidine groups is 1. The maximum absolute atomic E-state index is 6.92. The van der Waals surface area contributed by atoms with Crippen molar-refractivity contribution >= 4 is 11.8 Å². The lowest BCUT2D eigenvalue weighted by Gasteiger charge is -2.14. The Balaban J connectivity index is 0. The number of hydrogen-bond acceptors (Lipinski definition) is 2. The van der Waals surface area contributed by atoms with Crippen LogP contribution in [0.3, 0.4) is 0 Å². The lowest BCUT2D eigenvalue weighted by molar-refractivity contribution is 0.581. The molecule has 0 unspecified atom stereocenters. The van der Waals surface area contributed by atoms with Crippen molar-refractivity contribution < 1.29 is 0 Å². The standard InChI is InChI=1S/C5H13N3.C5H12N2/c1-5(2,3)8-4(6)7;1-5(2,3)4(6)7/h1-3H3,(H4,6,7,8);1-3H3,(H3,6,7). The fourth-order valence-electron chi connectivity index (χ4n) is 0.387. The Bertz CT molecular complexity index is 225. The molecule has 0 heterocycles. The summed E-state index contributed by atoms with van der Waals surface area (Å²) in [7, 11) is 0. The van der Waals surface area contributed by atoms with Crippen molar-refractivity contribution in [2.24, 2.45) is 27.6 Å². The summed E-state index contributed by atoms with van der Waals surface area (Å²) in [6, 6.07) is 0. The van der Waals surface area contributed by atoms with Gasteiger partial charge in [-0.3, -0.25) is 5.41 Å². The van der Waals surface area contributed by atoms with E-state index in [1.807, 2.05) is 41.5 Å². The van der Waals surface area contributed by atoms with Crippen LogP contribution in [0.2, 0.25) is 0 Å². The van der Waals surface area contributed by atoms with Crippen LogP contribution in [-0.2, 0) is 0 Å².